The molecule has 0 aliphatic heterocycles. The van der Waals surface area contributed by atoms with Crippen LogP contribution >= 0.6 is 27.5 Å². The minimum atomic E-state index is -4.50. The Balaban J connectivity index is 2.27. The second-order valence-corrected chi connectivity index (χ2v) is 5.48. The van der Waals surface area contributed by atoms with Crippen LogP contribution in [0.5, 0.6) is 0 Å². The molecule has 0 heterocycles. The second-order valence-electron chi connectivity index (χ2n) is 4.16. The maximum atomic E-state index is 12.6. The van der Waals surface area contributed by atoms with E-state index >= 15 is 0 Å². The monoisotopic (exact) mass is 377 g/mol. The van der Waals surface area contributed by atoms with Gasteiger partial charge in [-0.05, 0) is 36.4 Å². The summed E-state index contributed by atoms with van der Waals surface area (Å²) < 4.78 is 38.5. The summed E-state index contributed by atoms with van der Waals surface area (Å²) in [4.78, 5) is 12.0. The van der Waals surface area contributed by atoms with Gasteiger partial charge >= 0.3 is 6.18 Å². The molecule has 0 radical (unpaired) electrons. The molecule has 21 heavy (non-hydrogen) atoms. The quantitative estimate of drug-likeness (QED) is 0.747. The molecule has 0 saturated heterocycles. The molecule has 1 N–H and O–H groups in total. The van der Waals surface area contributed by atoms with Gasteiger partial charge in [-0.15, -0.1) is 0 Å². The molecule has 2 aromatic carbocycles. The Bertz CT molecular complexity index is 688. The number of nitrogens with one attached hydrogen (secondary N) is 1. The first-order valence-corrected chi connectivity index (χ1v) is 6.88. The molecule has 0 aromatic heterocycles. The van der Waals surface area contributed by atoms with Crippen molar-refractivity contribution < 1.29 is 18.0 Å². The predicted octanol–water partition coefficient (Wildman–Crippen LogP) is 5.37. The third-order valence-corrected chi connectivity index (χ3v) is 3.45. The van der Waals surface area contributed by atoms with E-state index < -0.39 is 17.6 Å². The van der Waals surface area contributed by atoms with Gasteiger partial charge in [-0.1, -0.05) is 33.6 Å². The van der Waals surface area contributed by atoms with Gasteiger partial charge in [0.1, 0.15) is 0 Å². The van der Waals surface area contributed by atoms with E-state index in [2.05, 4.69) is 21.2 Å². The molecule has 0 bridgehead atoms. The summed E-state index contributed by atoms with van der Waals surface area (Å²) in [6.07, 6.45) is -4.50. The van der Waals surface area contributed by atoms with E-state index in [1.54, 1.807) is 18.2 Å². The SMILES string of the molecule is O=C(Nc1cc(Br)ccc1Cl)c1cccc(C(F)(F)F)c1. The summed E-state index contributed by atoms with van der Waals surface area (Å²) in [5.41, 5.74) is -0.662. The third kappa shape index (κ3) is 3.98. The number of alkyl halides is 3. The lowest BCUT2D eigenvalue weighted by Crippen LogP contribution is -2.14. The molecule has 0 unspecified atom stereocenters. The Labute approximate surface area is 132 Å². The summed E-state index contributed by atoms with van der Waals surface area (Å²) in [6.45, 7) is 0. The highest BCUT2D eigenvalue weighted by molar-refractivity contribution is 9.10. The third-order valence-electron chi connectivity index (χ3n) is 2.63. The van der Waals surface area contributed by atoms with Gasteiger partial charge < -0.3 is 5.32 Å². The van der Waals surface area contributed by atoms with Gasteiger partial charge in [0.2, 0.25) is 0 Å². The van der Waals surface area contributed by atoms with Crippen molar-refractivity contribution in [3.8, 4) is 0 Å². The van der Waals surface area contributed by atoms with Gasteiger partial charge in [-0.3, -0.25) is 4.79 Å². The van der Waals surface area contributed by atoms with Crippen molar-refractivity contribution in [2.45, 2.75) is 6.18 Å². The van der Waals surface area contributed by atoms with Crippen LogP contribution in [-0.4, -0.2) is 5.91 Å². The van der Waals surface area contributed by atoms with Gasteiger partial charge in [0, 0.05) is 10.0 Å². The first kappa shape index (κ1) is 15.9. The first-order valence-electron chi connectivity index (χ1n) is 5.71. The molecular weight excluding hydrogens is 371 g/mol. The fourth-order valence-electron chi connectivity index (χ4n) is 1.62. The van der Waals surface area contributed by atoms with Crippen molar-refractivity contribution in [2.75, 3.05) is 5.32 Å². The highest BCUT2D eigenvalue weighted by Gasteiger charge is 2.30. The zero-order valence-electron chi connectivity index (χ0n) is 10.3. The van der Waals surface area contributed by atoms with Gasteiger partial charge in [0.15, 0.2) is 0 Å². The van der Waals surface area contributed by atoms with Crippen LogP contribution in [0.25, 0.3) is 0 Å². The number of carbonyl (C=O) groups is 1. The smallest absolute Gasteiger partial charge is 0.321 e. The zero-order valence-corrected chi connectivity index (χ0v) is 12.7. The number of hydrogen-bond donors (Lipinski definition) is 1. The lowest BCUT2D eigenvalue weighted by molar-refractivity contribution is -0.137. The molecule has 0 aliphatic carbocycles. The zero-order chi connectivity index (χ0) is 15.6. The van der Waals surface area contributed by atoms with Crippen LogP contribution in [-0.2, 0) is 6.18 Å². The molecule has 1 amide bonds. The first-order chi connectivity index (χ1) is 9.77. The van der Waals surface area contributed by atoms with Crippen LogP contribution in [0, 0.1) is 0 Å². The highest BCUT2D eigenvalue weighted by atomic mass is 79.9. The molecule has 0 spiro atoms. The fourth-order valence-corrected chi connectivity index (χ4v) is 2.15. The maximum Gasteiger partial charge on any atom is 0.416 e. The lowest BCUT2D eigenvalue weighted by Gasteiger charge is -2.10. The number of carbonyl (C=O) groups excluding carboxylic acids is 1. The van der Waals surface area contributed by atoms with Gasteiger partial charge in [0.05, 0.1) is 16.3 Å². The molecule has 110 valence electrons. The second kappa shape index (κ2) is 6.07. The molecule has 2 rings (SSSR count). The van der Waals surface area contributed by atoms with Gasteiger partial charge in [0.25, 0.3) is 5.91 Å². The summed E-state index contributed by atoms with van der Waals surface area (Å²) in [5, 5.41) is 2.77. The number of anilines is 1. The van der Waals surface area contributed by atoms with Crippen LogP contribution in [0.1, 0.15) is 15.9 Å². The Morgan fingerprint density at radius 2 is 1.86 bits per heavy atom. The molecule has 0 saturated carbocycles. The van der Waals surface area contributed by atoms with Crippen LogP contribution in [0.2, 0.25) is 5.02 Å². The Morgan fingerprint density at radius 3 is 2.52 bits per heavy atom. The normalized spacial score (nSPS) is 11.3. The molecule has 2 aromatic rings. The topological polar surface area (TPSA) is 29.1 Å². The maximum absolute atomic E-state index is 12.6. The van der Waals surface area contributed by atoms with Crippen LogP contribution in [0.15, 0.2) is 46.9 Å². The number of rotatable bonds is 2. The lowest BCUT2D eigenvalue weighted by atomic mass is 10.1. The van der Waals surface area contributed by atoms with Crippen LogP contribution in [0.3, 0.4) is 0 Å². The van der Waals surface area contributed by atoms with E-state index in [4.69, 9.17) is 11.6 Å². The number of hydrogen-bond acceptors (Lipinski definition) is 1. The van der Waals surface area contributed by atoms with Gasteiger partial charge in [-0.2, -0.15) is 13.2 Å². The largest absolute Gasteiger partial charge is 0.416 e. The Morgan fingerprint density at radius 1 is 1.14 bits per heavy atom. The number of benzene rings is 2. The average molecular weight is 379 g/mol. The van der Waals surface area contributed by atoms with Crippen molar-refractivity contribution in [2.24, 2.45) is 0 Å². The van der Waals surface area contributed by atoms with E-state index in [-0.39, 0.29) is 5.56 Å². The van der Waals surface area contributed by atoms with Crippen molar-refractivity contribution in [1.82, 2.24) is 0 Å². The average Bonchev–Trinajstić information content (AvgIpc) is 2.42. The Kier molecular flexibility index (Phi) is 4.58. The van der Waals surface area contributed by atoms with Crippen molar-refractivity contribution >= 4 is 39.1 Å². The molecule has 0 atom stereocenters. The summed E-state index contributed by atoms with van der Waals surface area (Å²) in [6, 6.07) is 8.99. The molecular formula is C14H8BrClF3NO. The van der Waals surface area contributed by atoms with Crippen molar-refractivity contribution in [3.63, 3.8) is 0 Å². The van der Waals surface area contributed by atoms with Gasteiger partial charge in [-0.25, -0.2) is 0 Å². The van der Waals surface area contributed by atoms with E-state index in [0.717, 1.165) is 12.1 Å². The molecule has 7 heteroatoms. The number of amides is 1. The van der Waals surface area contributed by atoms with Crippen molar-refractivity contribution in [1.29, 1.82) is 0 Å². The van der Waals surface area contributed by atoms with E-state index in [1.807, 2.05) is 0 Å². The summed E-state index contributed by atoms with van der Waals surface area (Å²) in [5.74, 6) is -0.666. The molecule has 2 nitrogen and oxygen atoms in total. The Hall–Kier alpha value is -1.53. The predicted molar refractivity (Wildman–Crippen MR) is 78.5 cm³/mol. The standard InChI is InChI=1S/C14H8BrClF3NO/c15-10-4-5-11(16)12(7-10)20-13(21)8-2-1-3-9(6-8)14(17,18)19/h1-7H,(H,20,21). The minimum absolute atomic E-state index is 0.0964. The van der Waals surface area contributed by atoms with E-state index in [9.17, 15) is 18.0 Å². The van der Waals surface area contributed by atoms with Crippen molar-refractivity contribution in [3.05, 3.63) is 63.1 Å². The molecule has 0 fully saturated rings. The van der Waals surface area contributed by atoms with Crippen LogP contribution in [0.4, 0.5) is 18.9 Å². The number of halogens is 5. The highest BCUT2D eigenvalue weighted by Crippen LogP contribution is 2.30. The summed E-state index contributed by atoms with van der Waals surface area (Å²) >= 11 is 9.14. The molecule has 0 aliphatic rings. The minimum Gasteiger partial charge on any atom is -0.321 e. The fraction of sp³-hybridized carbons (Fsp3) is 0.0714. The van der Waals surface area contributed by atoms with E-state index in [1.165, 1.54) is 12.1 Å². The van der Waals surface area contributed by atoms with E-state index in [0.29, 0.717) is 15.2 Å². The summed E-state index contributed by atoms with van der Waals surface area (Å²) in [7, 11) is 0. The van der Waals surface area contributed by atoms with Crippen LogP contribution < -0.4 is 5.32 Å².